The molecular weight excluding hydrogens is 216 g/mol. The Morgan fingerprint density at radius 2 is 1.56 bits per heavy atom. The molecule has 1 N–H and O–H groups in total. The van der Waals surface area contributed by atoms with Crippen molar-refractivity contribution in [2.45, 2.75) is 33.6 Å². The molecule has 0 fully saturated rings. The lowest BCUT2D eigenvalue weighted by molar-refractivity contribution is 0.475. The van der Waals surface area contributed by atoms with Gasteiger partial charge in [-0.15, -0.1) is 0 Å². The highest BCUT2D eigenvalue weighted by atomic mass is 32.2. The molecular formula is C14H26OS. The zero-order valence-corrected chi connectivity index (χ0v) is 12.1. The Bertz CT molecular complexity index is 209. The zero-order chi connectivity index (χ0) is 12.8. The van der Waals surface area contributed by atoms with E-state index < -0.39 is 0 Å². The summed E-state index contributed by atoms with van der Waals surface area (Å²) in [6.07, 6.45) is 6.79. The van der Waals surface area contributed by atoms with Gasteiger partial charge in [0.1, 0.15) is 5.75 Å². The molecule has 0 radical (unpaired) electrons. The number of hydrogen-bond acceptors (Lipinski definition) is 2. The van der Waals surface area contributed by atoms with E-state index in [-0.39, 0.29) is 0 Å². The van der Waals surface area contributed by atoms with Crippen molar-refractivity contribution in [3.63, 3.8) is 0 Å². The second kappa shape index (κ2) is 14.4. The lowest BCUT2D eigenvalue weighted by Gasteiger charge is -1.95. The minimum absolute atomic E-state index is 0.322. The number of phenolic OH excluding ortho intramolecular Hbond substituents is 1. The van der Waals surface area contributed by atoms with Crippen molar-refractivity contribution < 1.29 is 5.11 Å². The molecule has 0 aliphatic carbocycles. The molecule has 1 nitrogen and oxygen atoms in total. The van der Waals surface area contributed by atoms with Crippen LogP contribution in [-0.4, -0.2) is 17.6 Å². The molecule has 0 aliphatic rings. The van der Waals surface area contributed by atoms with Crippen molar-refractivity contribution in [2.24, 2.45) is 5.92 Å². The van der Waals surface area contributed by atoms with Crippen molar-refractivity contribution in [3.8, 4) is 5.75 Å². The van der Waals surface area contributed by atoms with Gasteiger partial charge in [0.2, 0.25) is 0 Å². The average Bonchev–Trinajstić information content (AvgIpc) is 2.20. The molecule has 0 unspecified atom stereocenters. The Kier molecular flexibility index (Phi) is 15.9. The molecule has 0 atom stereocenters. The Labute approximate surface area is 105 Å². The van der Waals surface area contributed by atoms with Gasteiger partial charge in [-0.25, -0.2) is 0 Å². The van der Waals surface area contributed by atoms with E-state index in [0.29, 0.717) is 5.75 Å². The predicted molar refractivity (Wildman–Crippen MR) is 77.3 cm³/mol. The van der Waals surface area contributed by atoms with Crippen molar-refractivity contribution in [1.82, 2.24) is 0 Å². The summed E-state index contributed by atoms with van der Waals surface area (Å²) in [6.45, 7) is 6.73. The lowest BCUT2D eigenvalue weighted by atomic mass is 10.1. The largest absolute Gasteiger partial charge is 0.508 e. The Morgan fingerprint density at radius 3 is 1.69 bits per heavy atom. The third kappa shape index (κ3) is 19.0. The molecule has 0 saturated heterocycles. The lowest BCUT2D eigenvalue weighted by Crippen LogP contribution is -1.81. The number of rotatable bonds is 2. The highest BCUT2D eigenvalue weighted by Gasteiger charge is 1.85. The maximum atomic E-state index is 8.63. The normalized spacial score (nSPS) is 8.62. The number of thioether (sulfide) groups is 1. The highest BCUT2D eigenvalue weighted by Crippen LogP contribution is 2.02. The van der Waals surface area contributed by atoms with Gasteiger partial charge in [0, 0.05) is 0 Å². The Balaban J connectivity index is 0. The minimum Gasteiger partial charge on any atom is -0.508 e. The van der Waals surface area contributed by atoms with E-state index >= 15 is 0 Å². The fourth-order valence-corrected chi connectivity index (χ4v) is 1.01. The molecule has 94 valence electrons. The van der Waals surface area contributed by atoms with E-state index in [1.54, 1.807) is 36.0 Å². The topological polar surface area (TPSA) is 20.2 Å². The quantitative estimate of drug-likeness (QED) is 0.803. The molecule has 0 saturated carbocycles. The number of phenols is 1. The second-order valence-electron chi connectivity index (χ2n) is 3.93. The number of benzene rings is 1. The monoisotopic (exact) mass is 242 g/mol. The zero-order valence-electron chi connectivity index (χ0n) is 11.2. The molecule has 0 heterocycles. The third-order valence-corrected chi connectivity index (χ3v) is 1.62. The molecule has 0 bridgehead atoms. The van der Waals surface area contributed by atoms with Gasteiger partial charge in [0.25, 0.3) is 0 Å². The van der Waals surface area contributed by atoms with E-state index in [1.165, 1.54) is 12.8 Å². The number of aromatic hydroxyl groups is 1. The number of para-hydroxylation sites is 1. The minimum atomic E-state index is 0.322. The van der Waals surface area contributed by atoms with Crippen LogP contribution in [0.15, 0.2) is 30.3 Å². The number of hydrogen-bond donors (Lipinski definition) is 1. The van der Waals surface area contributed by atoms with E-state index in [9.17, 15) is 0 Å². The van der Waals surface area contributed by atoms with Crippen LogP contribution in [0.3, 0.4) is 0 Å². The molecule has 0 amide bonds. The van der Waals surface area contributed by atoms with Crippen LogP contribution in [0.5, 0.6) is 5.75 Å². The molecule has 1 rings (SSSR count). The average molecular weight is 242 g/mol. The first kappa shape index (κ1) is 17.8. The van der Waals surface area contributed by atoms with E-state index in [2.05, 4.69) is 20.8 Å². The van der Waals surface area contributed by atoms with Gasteiger partial charge >= 0.3 is 0 Å². The summed E-state index contributed by atoms with van der Waals surface area (Å²) in [5, 5.41) is 8.63. The van der Waals surface area contributed by atoms with Gasteiger partial charge in [0.15, 0.2) is 0 Å². The molecule has 1 aromatic rings. The summed E-state index contributed by atoms with van der Waals surface area (Å²) >= 11 is 1.75. The highest BCUT2D eigenvalue weighted by molar-refractivity contribution is 7.97. The van der Waals surface area contributed by atoms with Crippen LogP contribution in [0.4, 0.5) is 0 Å². The summed E-state index contributed by atoms with van der Waals surface area (Å²) in [6, 6.07) is 8.71. The van der Waals surface area contributed by atoms with Gasteiger partial charge in [-0.05, 0) is 30.6 Å². The maximum absolute atomic E-state index is 8.63. The van der Waals surface area contributed by atoms with Crippen LogP contribution in [0.25, 0.3) is 0 Å². The van der Waals surface area contributed by atoms with Crippen molar-refractivity contribution in [1.29, 1.82) is 0 Å². The standard InChI is InChI=1S/C6H6O.C6H14.C2H6S/c7-6-4-2-1-3-5-6;1-4-5-6(2)3;1-3-2/h1-5,7H;6H,4-5H2,1-3H3;1-2H3. The third-order valence-electron chi connectivity index (χ3n) is 1.62. The van der Waals surface area contributed by atoms with E-state index in [0.717, 1.165) is 5.92 Å². The molecule has 2 heteroatoms. The molecule has 16 heavy (non-hydrogen) atoms. The molecule has 1 aromatic carbocycles. The van der Waals surface area contributed by atoms with Crippen LogP contribution < -0.4 is 0 Å². The molecule has 0 aliphatic heterocycles. The first-order chi connectivity index (χ1) is 7.58. The van der Waals surface area contributed by atoms with Crippen LogP contribution in [0, 0.1) is 5.92 Å². The van der Waals surface area contributed by atoms with Crippen LogP contribution in [0.2, 0.25) is 0 Å². The van der Waals surface area contributed by atoms with E-state index in [1.807, 2.05) is 18.6 Å². The van der Waals surface area contributed by atoms with Gasteiger partial charge in [-0.2, -0.15) is 11.8 Å². The van der Waals surface area contributed by atoms with Crippen LogP contribution in [-0.2, 0) is 0 Å². The first-order valence-corrected chi connectivity index (χ1v) is 7.35. The summed E-state index contributed by atoms with van der Waals surface area (Å²) < 4.78 is 0. The fourth-order valence-electron chi connectivity index (χ4n) is 1.01. The Morgan fingerprint density at radius 1 is 1.12 bits per heavy atom. The van der Waals surface area contributed by atoms with Gasteiger partial charge in [0.05, 0.1) is 0 Å². The van der Waals surface area contributed by atoms with Crippen molar-refractivity contribution >= 4 is 11.8 Å². The first-order valence-electron chi connectivity index (χ1n) is 5.72. The maximum Gasteiger partial charge on any atom is 0.115 e. The smallest absolute Gasteiger partial charge is 0.115 e. The Hall–Kier alpha value is -0.630. The summed E-state index contributed by atoms with van der Waals surface area (Å²) in [5.74, 6) is 1.22. The fraction of sp³-hybridized carbons (Fsp3) is 0.571. The summed E-state index contributed by atoms with van der Waals surface area (Å²) in [7, 11) is 0. The van der Waals surface area contributed by atoms with E-state index in [4.69, 9.17) is 5.11 Å². The molecule has 0 aromatic heterocycles. The van der Waals surface area contributed by atoms with Gasteiger partial charge in [-0.1, -0.05) is 51.8 Å². The molecule has 0 spiro atoms. The van der Waals surface area contributed by atoms with Crippen LogP contribution >= 0.6 is 11.8 Å². The van der Waals surface area contributed by atoms with Crippen molar-refractivity contribution in [2.75, 3.05) is 12.5 Å². The van der Waals surface area contributed by atoms with Gasteiger partial charge < -0.3 is 5.11 Å². The summed E-state index contributed by atoms with van der Waals surface area (Å²) in [4.78, 5) is 0. The summed E-state index contributed by atoms with van der Waals surface area (Å²) in [5.41, 5.74) is 0. The second-order valence-corrected chi connectivity index (χ2v) is 4.74. The van der Waals surface area contributed by atoms with Crippen molar-refractivity contribution in [3.05, 3.63) is 30.3 Å². The van der Waals surface area contributed by atoms with Crippen LogP contribution in [0.1, 0.15) is 33.6 Å². The van der Waals surface area contributed by atoms with Gasteiger partial charge in [-0.3, -0.25) is 0 Å². The SMILES string of the molecule is CCCC(C)C.CSC.Oc1ccccc1. The predicted octanol–water partition coefficient (Wildman–Crippen LogP) is 4.81.